The Bertz CT molecular complexity index is 597. The van der Waals surface area contributed by atoms with Crippen LogP contribution >= 0.6 is 11.3 Å². The molecular weight excluding hydrogens is 262 g/mol. The molecule has 0 aromatic carbocycles. The van der Waals surface area contributed by atoms with E-state index in [1.807, 2.05) is 24.7 Å². The van der Waals surface area contributed by atoms with Crippen LogP contribution in [-0.2, 0) is 7.05 Å². The minimum atomic E-state index is -0.0167. The average molecular weight is 279 g/mol. The molecule has 3 heterocycles. The van der Waals surface area contributed by atoms with Gasteiger partial charge in [-0.15, -0.1) is 11.3 Å². The number of carbonyl (C=O) groups is 1. The van der Waals surface area contributed by atoms with Gasteiger partial charge in [0.1, 0.15) is 4.83 Å². The lowest BCUT2D eigenvalue weighted by molar-refractivity contribution is 0.0682. The number of aryl methyl sites for hydroxylation is 2. The van der Waals surface area contributed by atoms with Gasteiger partial charge in [0.15, 0.2) is 0 Å². The van der Waals surface area contributed by atoms with Crippen molar-refractivity contribution in [1.82, 2.24) is 14.7 Å². The number of aliphatic hydroxyl groups excluding tert-OH is 1. The number of rotatable bonds is 2. The number of hydrogen-bond donors (Lipinski definition) is 1. The second kappa shape index (κ2) is 4.61. The first-order chi connectivity index (χ1) is 9.11. The maximum absolute atomic E-state index is 12.5. The Labute approximate surface area is 115 Å². The number of carbonyl (C=O) groups excluding carboxylic acids is 1. The van der Waals surface area contributed by atoms with Gasteiger partial charge in [-0.1, -0.05) is 0 Å². The van der Waals surface area contributed by atoms with Crippen LogP contribution in [0.3, 0.4) is 0 Å². The molecule has 1 fully saturated rings. The lowest BCUT2D eigenvalue weighted by Crippen LogP contribution is -2.37. The van der Waals surface area contributed by atoms with E-state index in [0.29, 0.717) is 0 Å². The number of nitrogens with zero attached hydrogens (tertiary/aromatic N) is 3. The SMILES string of the molecule is Cc1nn(C)c2sc(C(=O)N3CCCC3CO)cc12. The van der Waals surface area contributed by atoms with Gasteiger partial charge in [-0.2, -0.15) is 5.10 Å². The Kier molecular flexibility index (Phi) is 3.06. The normalized spacial score (nSPS) is 19.5. The molecule has 19 heavy (non-hydrogen) atoms. The van der Waals surface area contributed by atoms with Crippen molar-refractivity contribution in [2.75, 3.05) is 13.2 Å². The van der Waals surface area contributed by atoms with Crippen LogP contribution in [0.1, 0.15) is 28.2 Å². The summed E-state index contributed by atoms with van der Waals surface area (Å²) < 4.78 is 1.82. The van der Waals surface area contributed by atoms with Crippen LogP contribution in [0.4, 0.5) is 0 Å². The fraction of sp³-hybridized carbons (Fsp3) is 0.538. The Hall–Kier alpha value is -1.40. The molecule has 0 saturated carbocycles. The van der Waals surface area contributed by atoms with E-state index in [2.05, 4.69) is 5.10 Å². The van der Waals surface area contributed by atoms with Gasteiger partial charge in [-0.25, -0.2) is 0 Å². The molecule has 2 aromatic heterocycles. The second-order valence-corrected chi connectivity index (χ2v) is 6.05. The fourth-order valence-electron chi connectivity index (χ4n) is 2.75. The van der Waals surface area contributed by atoms with E-state index in [4.69, 9.17) is 0 Å². The quantitative estimate of drug-likeness (QED) is 0.907. The fourth-order valence-corrected chi connectivity index (χ4v) is 3.82. The topological polar surface area (TPSA) is 58.4 Å². The molecule has 0 spiro atoms. The van der Waals surface area contributed by atoms with Gasteiger partial charge in [-0.3, -0.25) is 9.48 Å². The van der Waals surface area contributed by atoms with Gasteiger partial charge in [-0.05, 0) is 25.8 Å². The minimum absolute atomic E-state index is 0.0167. The molecule has 1 atom stereocenters. The van der Waals surface area contributed by atoms with Crippen LogP contribution < -0.4 is 0 Å². The molecule has 0 bridgehead atoms. The molecule has 1 N–H and O–H groups in total. The van der Waals surface area contributed by atoms with E-state index < -0.39 is 0 Å². The summed E-state index contributed by atoms with van der Waals surface area (Å²) in [5, 5.41) is 14.7. The number of aromatic nitrogens is 2. The zero-order valence-electron chi connectivity index (χ0n) is 11.1. The molecule has 1 aliphatic rings. The summed E-state index contributed by atoms with van der Waals surface area (Å²) in [6.45, 7) is 2.75. The second-order valence-electron chi connectivity index (χ2n) is 5.02. The van der Waals surface area contributed by atoms with Crippen molar-refractivity contribution in [1.29, 1.82) is 0 Å². The van der Waals surface area contributed by atoms with Crippen LogP contribution in [0, 0.1) is 6.92 Å². The number of thiophene rings is 1. The lowest BCUT2D eigenvalue weighted by atomic mass is 10.2. The van der Waals surface area contributed by atoms with Crippen molar-refractivity contribution in [3.63, 3.8) is 0 Å². The molecule has 1 saturated heterocycles. The van der Waals surface area contributed by atoms with Crippen LogP contribution in [0.25, 0.3) is 10.2 Å². The molecule has 5 nitrogen and oxygen atoms in total. The smallest absolute Gasteiger partial charge is 0.264 e. The highest BCUT2D eigenvalue weighted by Crippen LogP contribution is 2.30. The first-order valence-electron chi connectivity index (χ1n) is 6.46. The van der Waals surface area contributed by atoms with E-state index >= 15 is 0 Å². The summed E-state index contributed by atoms with van der Waals surface area (Å²) >= 11 is 1.48. The molecule has 0 radical (unpaired) electrons. The monoisotopic (exact) mass is 279 g/mol. The summed E-state index contributed by atoms with van der Waals surface area (Å²) in [5.41, 5.74) is 0.952. The summed E-state index contributed by atoms with van der Waals surface area (Å²) in [6, 6.07) is 1.91. The summed E-state index contributed by atoms with van der Waals surface area (Å²) in [4.78, 5) is 16.1. The molecule has 2 aromatic rings. The number of aliphatic hydroxyl groups is 1. The van der Waals surface area contributed by atoms with Crippen molar-refractivity contribution in [2.45, 2.75) is 25.8 Å². The number of likely N-dealkylation sites (tertiary alicyclic amines) is 1. The van der Waals surface area contributed by atoms with Crippen molar-refractivity contribution in [3.05, 3.63) is 16.6 Å². The predicted molar refractivity (Wildman–Crippen MR) is 74.5 cm³/mol. The van der Waals surface area contributed by atoms with Crippen LogP contribution in [0.5, 0.6) is 0 Å². The molecular formula is C13H17N3O2S. The number of amides is 1. The molecule has 102 valence electrons. The standard InChI is InChI=1S/C13H17N3O2S/c1-8-10-6-11(19-13(10)15(2)14-8)12(18)16-5-3-4-9(16)7-17/h6,9,17H,3-5,7H2,1-2H3. The number of hydrogen-bond acceptors (Lipinski definition) is 4. The maximum Gasteiger partial charge on any atom is 0.264 e. The van der Waals surface area contributed by atoms with E-state index in [9.17, 15) is 9.90 Å². The first kappa shape index (κ1) is 12.6. The van der Waals surface area contributed by atoms with E-state index in [1.165, 1.54) is 11.3 Å². The zero-order valence-corrected chi connectivity index (χ0v) is 11.9. The third-order valence-corrected chi connectivity index (χ3v) is 4.95. The van der Waals surface area contributed by atoms with E-state index in [-0.39, 0.29) is 18.6 Å². The summed E-state index contributed by atoms with van der Waals surface area (Å²) in [7, 11) is 1.90. The average Bonchev–Trinajstić information content (AvgIpc) is 3.08. The third kappa shape index (κ3) is 1.95. The van der Waals surface area contributed by atoms with Crippen molar-refractivity contribution in [2.24, 2.45) is 7.05 Å². The Morgan fingerprint density at radius 3 is 3.11 bits per heavy atom. The lowest BCUT2D eigenvalue weighted by Gasteiger charge is -2.22. The molecule has 1 unspecified atom stereocenters. The van der Waals surface area contributed by atoms with Gasteiger partial charge in [0.2, 0.25) is 0 Å². The molecule has 1 amide bonds. The molecule has 0 aliphatic carbocycles. The first-order valence-corrected chi connectivity index (χ1v) is 7.28. The summed E-state index contributed by atoms with van der Waals surface area (Å²) in [5.74, 6) is 0.0390. The van der Waals surface area contributed by atoms with Gasteiger partial charge in [0, 0.05) is 19.0 Å². The van der Waals surface area contributed by atoms with Gasteiger partial charge in [0.05, 0.1) is 23.2 Å². The maximum atomic E-state index is 12.5. The van der Waals surface area contributed by atoms with E-state index in [1.54, 1.807) is 4.90 Å². The van der Waals surface area contributed by atoms with Gasteiger partial charge in [0.25, 0.3) is 5.91 Å². The highest BCUT2D eigenvalue weighted by Gasteiger charge is 2.30. The third-order valence-electron chi connectivity index (χ3n) is 3.76. The van der Waals surface area contributed by atoms with Crippen molar-refractivity contribution >= 4 is 27.5 Å². The molecule has 3 rings (SSSR count). The van der Waals surface area contributed by atoms with E-state index in [0.717, 1.165) is 40.2 Å². The minimum Gasteiger partial charge on any atom is -0.394 e. The summed E-state index contributed by atoms with van der Waals surface area (Å²) in [6.07, 6.45) is 1.87. The highest BCUT2D eigenvalue weighted by atomic mass is 32.1. The van der Waals surface area contributed by atoms with Gasteiger partial charge < -0.3 is 10.0 Å². The van der Waals surface area contributed by atoms with Gasteiger partial charge >= 0.3 is 0 Å². The van der Waals surface area contributed by atoms with Crippen molar-refractivity contribution < 1.29 is 9.90 Å². The highest BCUT2D eigenvalue weighted by molar-refractivity contribution is 7.20. The largest absolute Gasteiger partial charge is 0.394 e. The number of fused-ring (bicyclic) bond motifs is 1. The van der Waals surface area contributed by atoms with Crippen molar-refractivity contribution in [3.8, 4) is 0 Å². The zero-order chi connectivity index (χ0) is 13.6. The van der Waals surface area contributed by atoms with Crippen LogP contribution in [-0.4, -0.2) is 44.9 Å². The Morgan fingerprint density at radius 2 is 2.42 bits per heavy atom. The predicted octanol–water partition coefficient (Wildman–Crippen LogP) is 1.54. The molecule has 6 heteroatoms. The van der Waals surface area contributed by atoms with Crippen LogP contribution in [0.2, 0.25) is 0 Å². The Morgan fingerprint density at radius 1 is 1.63 bits per heavy atom. The Balaban J connectivity index is 1.95. The molecule has 1 aliphatic heterocycles. The van der Waals surface area contributed by atoms with Crippen LogP contribution in [0.15, 0.2) is 6.07 Å².